The maximum absolute atomic E-state index is 11.5. The smallest absolute Gasteiger partial charge is 0.350 e. The van der Waals surface area contributed by atoms with Gasteiger partial charge in [0.25, 0.3) is 0 Å². The number of esters is 1. The van der Waals surface area contributed by atoms with Crippen LogP contribution in [0.1, 0.15) is 15.2 Å². The molecule has 19 heavy (non-hydrogen) atoms. The number of nitrogens with two attached hydrogens (primary N) is 1. The van der Waals surface area contributed by atoms with Crippen LogP contribution in [-0.4, -0.2) is 25.1 Å². The number of carbonyl (C=O) groups is 1. The molecule has 0 aliphatic heterocycles. The Balaban J connectivity index is 2.16. The summed E-state index contributed by atoms with van der Waals surface area (Å²) in [5.41, 5.74) is 7.42. The molecule has 100 valence electrons. The van der Waals surface area contributed by atoms with Crippen molar-refractivity contribution >= 4 is 28.0 Å². The Morgan fingerprint density at radius 2 is 2.16 bits per heavy atom. The highest BCUT2D eigenvalue weighted by Gasteiger charge is 2.16. The quantitative estimate of drug-likeness (QED) is 0.867. The predicted molar refractivity (Wildman–Crippen MR) is 76.4 cm³/mol. The van der Waals surface area contributed by atoms with Gasteiger partial charge in [-0.25, -0.2) is 4.79 Å². The maximum Gasteiger partial charge on any atom is 0.350 e. The van der Waals surface area contributed by atoms with Gasteiger partial charge in [0.15, 0.2) is 0 Å². The van der Waals surface area contributed by atoms with Crippen LogP contribution < -0.4 is 10.6 Å². The first-order chi connectivity index (χ1) is 9.11. The highest BCUT2D eigenvalue weighted by Crippen LogP contribution is 2.32. The number of pyridine rings is 1. The molecular formula is C13H15N3O2S. The second kappa shape index (κ2) is 5.71. The molecule has 0 bridgehead atoms. The monoisotopic (exact) mass is 277 g/mol. The summed E-state index contributed by atoms with van der Waals surface area (Å²) < 4.78 is 4.69. The van der Waals surface area contributed by atoms with Crippen LogP contribution in [0.5, 0.6) is 0 Å². The van der Waals surface area contributed by atoms with Gasteiger partial charge in [-0.1, -0.05) is 0 Å². The molecule has 0 spiro atoms. The number of methoxy groups -OCH3 is 1. The number of hydrogen-bond acceptors (Lipinski definition) is 6. The number of thiophene rings is 1. The van der Waals surface area contributed by atoms with Crippen LogP contribution in [0.2, 0.25) is 0 Å². The van der Waals surface area contributed by atoms with Crippen LogP contribution in [0.25, 0.3) is 0 Å². The van der Waals surface area contributed by atoms with Crippen molar-refractivity contribution in [2.24, 2.45) is 0 Å². The Bertz CT molecular complexity index is 569. The molecule has 0 saturated heterocycles. The Morgan fingerprint density at radius 3 is 2.79 bits per heavy atom. The molecule has 0 radical (unpaired) electrons. The van der Waals surface area contributed by atoms with E-state index in [2.05, 4.69) is 4.98 Å². The minimum absolute atomic E-state index is 0.397. The summed E-state index contributed by atoms with van der Waals surface area (Å²) in [5.74, 6) is -0.397. The Morgan fingerprint density at radius 1 is 1.47 bits per heavy atom. The van der Waals surface area contributed by atoms with E-state index in [0.717, 1.165) is 17.1 Å². The summed E-state index contributed by atoms with van der Waals surface area (Å²) in [7, 11) is 3.30. The number of nitrogen functional groups attached to an aromatic ring is 1. The molecule has 2 heterocycles. The fourth-order valence-corrected chi connectivity index (χ4v) is 2.63. The summed E-state index contributed by atoms with van der Waals surface area (Å²) in [5, 5.41) is 0.926. The van der Waals surface area contributed by atoms with Gasteiger partial charge in [0.2, 0.25) is 0 Å². The summed E-state index contributed by atoms with van der Waals surface area (Å²) in [4.78, 5) is 18.0. The molecule has 5 nitrogen and oxygen atoms in total. The zero-order valence-electron chi connectivity index (χ0n) is 10.8. The maximum atomic E-state index is 11.5. The van der Waals surface area contributed by atoms with Crippen molar-refractivity contribution in [2.45, 2.75) is 6.54 Å². The molecule has 2 aromatic heterocycles. The molecule has 2 N–H and O–H groups in total. The number of nitrogens with zero attached hydrogens (tertiary/aromatic N) is 2. The van der Waals surface area contributed by atoms with Crippen molar-refractivity contribution < 1.29 is 9.53 Å². The number of aromatic nitrogens is 1. The molecule has 0 unspecified atom stereocenters. The van der Waals surface area contributed by atoms with E-state index in [9.17, 15) is 4.79 Å². The van der Waals surface area contributed by atoms with Gasteiger partial charge in [-0.05, 0) is 23.8 Å². The average Bonchev–Trinajstić information content (AvgIpc) is 2.81. The number of anilines is 2. The first-order valence-electron chi connectivity index (χ1n) is 5.69. The van der Waals surface area contributed by atoms with Crippen molar-refractivity contribution in [3.63, 3.8) is 0 Å². The fourth-order valence-electron chi connectivity index (χ4n) is 1.67. The molecule has 0 aliphatic carbocycles. The van der Waals surface area contributed by atoms with E-state index in [0.29, 0.717) is 10.6 Å². The predicted octanol–water partition coefficient (Wildman–Crippen LogP) is 2.15. The van der Waals surface area contributed by atoms with Gasteiger partial charge in [-0.3, -0.25) is 4.98 Å². The third-order valence-electron chi connectivity index (χ3n) is 2.66. The minimum Gasteiger partial charge on any atom is -0.465 e. The number of ether oxygens (including phenoxy) is 1. The molecule has 2 aromatic rings. The molecule has 0 atom stereocenters. The number of carbonyl (C=O) groups excluding carboxylic acids is 1. The van der Waals surface area contributed by atoms with Crippen molar-refractivity contribution in [2.75, 3.05) is 24.8 Å². The van der Waals surface area contributed by atoms with E-state index in [-0.39, 0.29) is 0 Å². The van der Waals surface area contributed by atoms with Gasteiger partial charge in [0.05, 0.1) is 17.8 Å². The first-order valence-corrected chi connectivity index (χ1v) is 6.51. The third kappa shape index (κ3) is 3.03. The van der Waals surface area contributed by atoms with Crippen LogP contribution in [-0.2, 0) is 11.3 Å². The number of hydrogen-bond donors (Lipinski definition) is 1. The van der Waals surface area contributed by atoms with Crippen molar-refractivity contribution in [1.29, 1.82) is 0 Å². The van der Waals surface area contributed by atoms with Crippen molar-refractivity contribution in [3.05, 3.63) is 41.0 Å². The van der Waals surface area contributed by atoms with Crippen molar-refractivity contribution in [3.8, 4) is 0 Å². The molecule has 0 fully saturated rings. The van der Waals surface area contributed by atoms with Gasteiger partial charge in [-0.2, -0.15) is 0 Å². The van der Waals surface area contributed by atoms with Gasteiger partial charge >= 0.3 is 5.97 Å². The Labute approximate surface area is 115 Å². The molecule has 0 amide bonds. The minimum atomic E-state index is -0.397. The highest BCUT2D eigenvalue weighted by atomic mass is 32.1. The van der Waals surface area contributed by atoms with Gasteiger partial charge in [-0.15, -0.1) is 11.3 Å². The zero-order valence-corrected chi connectivity index (χ0v) is 11.6. The molecule has 0 aliphatic rings. The molecular weight excluding hydrogens is 262 g/mol. The molecule has 2 rings (SSSR count). The normalized spacial score (nSPS) is 10.2. The SMILES string of the molecule is COC(=O)c1sc(N(C)Cc2ccncc2)cc1N. The highest BCUT2D eigenvalue weighted by molar-refractivity contribution is 7.18. The van der Waals surface area contributed by atoms with E-state index >= 15 is 0 Å². The van der Waals surface area contributed by atoms with Crippen LogP contribution >= 0.6 is 11.3 Å². The zero-order chi connectivity index (χ0) is 13.8. The summed E-state index contributed by atoms with van der Waals surface area (Å²) in [6.45, 7) is 0.725. The van der Waals surface area contributed by atoms with E-state index in [1.54, 1.807) is 18.5 Å². The molecule has 0 saturated carbocycles. The number of rotatable bonds is 4. The van der Waals surface area contributed by atoms with Crippen LogP contribution in [0.4, 0.5) is 10.7 Å². The Kier molecular flexibility index (Phi) is 4.01. The summed E-state index contributed by atoms with van der Waals surface area (Å²) >= 11 is 1.33. The standard InChI is InChI=1S/C13H15N3O2S/c1-16(8-9-3-5-15-6-4-9)11-7-10(14)12(19-11)13(17)18-2/h3-7H,8,14H2,1-2H3. The van der Waals surface area contributed by atoms with Gasteiger partial charge in [0.1, 0.15) is 4.88 Å². The fraction of sp³-hybridized carbons (Fsp3) is 0.231. The van der Waals surface area contributed by atoms with Gasteiger partial charge < -0.3 is 15.4 Å². The van der Waals surface area contributed by atoms with E-state index in [1.165, 1.54) is 18.4 Å². The van der Waals surface area contributed by atoms with Gasteiger partial charge in [0, 0.05) is 26.0 Å². The second-order valence-electron chi connectivity index (χ2n) is 4.07. The lowest BCUT2D eigenvalue weighted by molar-refractivity contribution is 0.0607. The summed E-state index contributed by atoms with van der Waals surface area (Å²) in [6, 6.07) is 5.70. The second-order valence-corrected chi connectivity index (χ2v) is 5.10. The van der Waals surface area contributed by atoms with Crippen LogP contribution in [0, 0.1) is 0 Å². The lowest BCUT2D eigenvalue weighted by atomic mass is 10.2. The van der Waals surface area contributed by atoms with E-state index in [1.807, 2.05) is 24.1 Å². The van der Waals surface area contributed by atoms with E-state index < -0.39 is 5.97 Å². The summed E-state index contributed by atoms with van der Waals surface area (Å²) in [6.07, 6.45) is 3.51. The third-order valence-corrected chi connectivity index (χ3v) is 3.91. The first kappa shape index (κ1) is 13.4. The van der Waals surface area contributed by atoms with E-state index in [4.69, 9.17) is 10.5 Å². The Hall–Kier alpha value is -2.08. The topological polar surface area (TPSA) is 68.5 Å². The average molecular weight is 277 g/mol. The molecule has 0 aromatic carbocycles. The van der Waals surface area contributed by atoms with Crippen molar-refractivity contribution in [1.82, 2.24) is 4.98 Å². The lowest BCUT2D eigenvalue weighted by Gasteiger charge is -2.16. The van der Waals surface area contributed by atoms with Crippen LogP contribution in [0.3, 0.4) is 0 Å². The lowest BCUT2D eigenvalue weighted by Crippen LogP contribution is -2.14. The van der Waals surface area contributed by atoms with Crippen LogP contribution in [0.15, 0.2) is 30.6 Å². The largest absolute Gasteiger partial charge is 0.465 e. The molecule has 6 heteroatoms.